The molecule has 0 fully saturated rings. The number of amides is 1. The number of ether oxygens (including phenoxy) is 1. The fourth-order valence-corrected chi connectivity index (χ4v) is 2.66. The van der Waals surface area contributed by atoms with Crippen LogP contribution < -0.4 is 10.1 Å². The Morgan fingerprint density at radius 2 is 1.57 bits per heavy atom. The Morgan fingerprint density at radius 3 is 2.10 bits per heavy atom. The van der Waals surface area contributed by atoms with E-state index in [1.807, 2.05) is 62.4 Å². The van der Waals surface area contributed by atoms with Crippen molar-refractivity contribution in [3.63, 3.8) is 0 Å². The third-order valence-electron chi connectivity index (χ3n) is 3.58. The Labute approximate surface area is 124 Å². The fraction of sp³-hybridized carbons (Fsp3) is 0.278. The standard InChI is InChI=1S/C18H19NO2/c1-12(2)11-17(20)19-18-13-7-3-5-9-15(13)21-16-10-6-4-8-14(16)18/h3-10,12,18H,11H2,1-2H3,(H,19,20). The summed E-state index contributed by atoms with van der Waals surface area (Å²) < 4.78 is 5.92. The maximum absolute atomic E-state index is 12.2. The lowest BCUT2D eigenvalue weighted by Crippen LogP contribution is -2.31. The van der Waals surface area contributed by atoms with Crippen LogP contribution in [0.2, 0.25) is 0 Å². The zero-order valence-electron chi connectivity index (χ0n) is 12.3. The van der Waals surface area contributed by atoms with Crippen molar-refractivity contribution in [1.82, 2.24) is 5.32 Å². The van der Waals surface area contributed by atoms with Crippen LogP contribution in [0.15, 0.2) is 48.5 Å². The van der Waals surface area contributed by atoms with Crippen LogP contribution >= 0.6 is 0 Å². The van der Waals surface area contributed by atoms with E-state index in [1.165, 1.54) is 0 Å². The summed E-state index contributed by atoms with van der Waals surface area (Å²) in [6.45, 7) is 4.09. The second kappa shape index (κ2) is 5.60. The first-order chi connectivity index (χ1) is 10.1. The molecule has 3 rings (SSSR count). The van der Waals surface area contributed by atoms with E-state index in [9.17, 15) is 4.79 Å². The molecule has 0 saturated heterocycles. The molecule has 2 aromatic rings. The molecule has 2 aromatic carbocycles. The molecule has 21 heavy (non-hydrogen) atoms. The molecule has 108 valence electrons. The molecule has 3 nitrogen and oxygen atoms in total. The van der Waals surface area contributed by atoms with E-state index in [2.05, 4.69) is 5.32 Å². The molecular formula is C18H19NO2. The number of para-hydroxylation sites is 2. The van der Waals surface area contributed by atoms with Crippen LogP contribution in [0.3, 0.4) is 0 Å². The van der Waals surface area contributed by atoms with Crippen LogP contribution in [0.25, 0.3) is 0 Å². The maximum Gasteiger partial charge on any atom is 0.221 e. The Kier molecular flexibility index (Phi) is 3.65. The summed E-state index contributed by atoms with van der Waals surface area (Å²) in [5, 5.41) is 3.14. The first kappa shape index (κ1) is 13.7. The molecule has 0 aliphatic carbocycles. The van der Waals surface area contributed by atoms with Crippen molar-refractivity contribution in [1.29, 1.82) is 0 Å². The highest BCUT2D eigenvalue weighted by Crippen LogP contribution is 2.42. The van der Waals surface area contributed by atoms with Gasteiger partial charge < -0.3 is 10.1 Å². The minimum atomic E-state index is -0.141. The van der Waals surface area contributed by atoms with E-state index in [4.69, 9.17) is 4.74 Å². The van der Waals surface area contributed by atoms with Gasteiger partial charge in [0.05, 0.1) is 6.04 Å². The van der Waals surface area contributed by atoms with Gasteiger partial charge in [0, 0.05) is 17.5 Å². The van der Waals surface area contributed by atoms with Gasteiger partial charge in [-0.05, 0) is 18.1 Å². The van der Waals surface area contributed by atoms with Gasteiger partial charge in [-0.2, -0.15) is 0 Å². The van der Waals surface area contributed by atoms with Gasteiger partial charge in [-0.1, -0.05) is 50.2 Å². The van der Waals surface area contributed by atoms with E-state index >= 15 is 0 Å². The van der Waals surface area contributed by atoms with Gasteiger partial charge in [0.15, 0.2) is 0 Å². The third kappa shape index (κ3) is 2.77. The zero-order valence-corrected chi connectivity index (χ0v) is 12.3. The topological polar surface area (TPSA) is 38.3 Å². The van der Waals surface area contributed by atoms with E-state index in [-0.39, 0.29) is 11.9 Å². The lowest BCUT2D eigenvalue weighted by atomic mass is 9.94. The van der Waals surface area contributed by atoms with Gasteiger partial charge in [0.1, 0.15) is 11.5 Å². The molecule has 0 aromatic heterocycles. The SMILES string of the molecule is CC(C)CC(=O)NC1c2ccccc2Oc2ccccc21. The number of fused-ring (bicyclic) bond motifs is 2. The molecule has 0 radical (unpaired) electrons. The van der Waals surface area contributed by atoms with E-state index in [0.717, 1.165) is 22.6 Å². The number of carbonyl (C=O) groups is 1. The average Bonchev–Trinajstić information content (AvgIpc) is 2.46. The Bertz CT molecular complexity index is 618. The molecule has 0 bridgehead atoms. The molecular weight excluding hydrogens is 262 g/mol. The number of hydrogen-bond acceptors (Lipinski definition) is 2. The second-order valence-electron chi connectivity index (χ2n) is 5.78. The van der Waals surface area contributed by atoms with E-state index in [1.54, 1.807) is 0 Å². The first-order valence-corrected chi connectivity index (χ1v) is 7.30. The number of carbonyl (C=O) groups excluding carboxylic acids is 1. The summed E-state index contributed by atoms with van der Waals surface area (Å²) in [4.78, 5) is 12.2. The van der Waals surface area contributed by atoms with Gasteiger partial charge in [-0.15, -0.1) is 0 Å². The monoisotopic (exact) mass is 281 g/mol. The number of nitrogens with one attached hydrogen (secondary N) is 1. The third-order valence-corrected chi connectivity index (χ3v) is 3.58. The van der Waals surface area contributed by atoms with Crippen molar-refractivity contribution in [3.8, 4) is 11.5 Å². The van der Waals surface area contributed by atoms with Crippen molar-refractivity contribution >= 4 is 5.91 Å². The summed E-state index contributed by atoms with van der Waals surface area (Å²) in [6, 6.07) is 15.6. The highest BCUT2D eigenvalue weighted by Gasteiger charge is 2.27. The fourth-order valence-electron chi connectivity index (χ4n) is 2.66. The number of benzene rings is 2. The molecule has 1 amide bonds. The Morgan fingerprint density at radius 1 is 1.05 bits per heavy atom. The van der Waals surface area contributed by atoms with Crippen LogP contribution in [0, 0.1) is 5.92 Å². The normalized spacial score (nSPS) is 13.3. The van der Waals surface area contributed by atoms with Gasteiger partial charge >= 0.3 is 0 Å². The molecule has 0 spiro atoms. The lowest BCUT2D eigenvalue weighted by molar-refractivity contribution is -0.122. The van der Waals surface area contributed by atoms with E-state index < -0.39 is 0 Å². The predicted octanol–water partition coefficient (Wildman–Crippen LogP) is 4.04. The Balaban J connectivity index is 1.97. The minimum absolute atomic E-state index is 0.0708. The van der Waals surface area contributed by atoms with Crippen LogP contribution in [0.4, 0.5) is 0 Å². The Hall–Kier alpha value is -2.29. The summed E-state index contributed by atoms with van der Waals surface area (Å²) >= 11 is 0. The smallest absolute Gasteiger partial charge is 0.221 e. The molecule has 0 atom stereocenters. The maximum atomic E-state index is 12.2. The van der Waals surface area contributed by atoms with Crippen molar-refractivity contribution in [3.05, 3.63) is 59.7 Å². The van der Waals surface area contributed by atoms with Gasteiger partial charge in [0.2, 0.25) is 5.91 Å². The quantitative estimate of drug-likeness (QED) is 0.922. The van der Waals surface area contributed by atoms with Gasteiger partial charge in [0.25, 0.3) is 0 Å². The molecule has 0 saturated carbocycles. The minimum Gasteiger partial charge on any atom is -0.457 e. The molecule has 1 aliphatic rings. The summed E-state index contributed by atoms with van der Waals surface area (Å²) in [6.07, 6.45) is 0.529. The first-order valence-electron chi connectivity index (χ1n) is 7.30. The van der Waals surface area contributed by atoms with E-state index in [0.29, 0.717) is 12.3 Å². The van der Waals surface area contributed by atoms with Gasteiger partial charge in [-0.3, -0.25) is 4.79 Å². The molecule has 1 heterocycles. The van der Waals surface area contributed by atoms with Crippen molar-refractivity contribution < 1.29 is 9.53 Å². The molecule has 1 aliphatic heterocycles. The van der Waals surface area contributed by atoms with Crippen LogP contribution in [0.5, 0.6) is 11.5 Å². The molecule has 1 N–H and O–H groups in total. The van der Waals surface area contributed by atoms with Crippen molar-refractivity contribution in [2.75, 3.05) is 0 Å². The van der Waals surface area contributed by atoms with Crippen LogP contribution in [-0.2, 0) is 4.79 Å². The van der Waals surface area contributed by atoms with Gasteiger partial charge in [-0.25, -0.2) is 0 Å². The van der Waals surface area contributed by atoms with Crippen molar-refractivity contribution in [2.45, 2.75) is 26.3 Å². The van der Waals surface area contributed by atoms with Crippen molar-refractivity contribution in [2.24, 2.45) is 5.92 Å². The second-order valence-corrected chi connectivity index (χ2v) is 5.78. The highest BCUT2D eigenvalue weighted by molar-refractivity contribution is 5.77. The predicted molar refractivity (Wildman–Crippen MR) is 82.4 cm³/mol. The number of rotatable bonds is 3. The van der Waals surface area contributed by atoms with Crippen LogP contribution in [-0.4, -0.2) is 5.91 Å². The zero-order chi connectivity index (χ0) is 14.8. The number of hydrogen-bond donors (Lipinski definition) is 1. The highest BCUT2D eigenvalue weighted by atomic mass is 16.5. The largest absolute Gasteiger partial charge is 0.457 e. The lowest BCUT2D eigenvalue weighted by Gasteiger charge is -2.29. The van der Waals surface area contributed by atoms with Crippen LogP contribution in [0.1, 0.15) is 37.4 Å². The molecule has 3 heteroatoms. The summed E-state index contributed by atoms with van der Waals surface area (Å²) in [5.74, 6) is 2.04. The average molecular weight is 281 g/mol. The molecule has 0 unspecified atom stereocenters. The summed E-state index contributed by atoms with van der Waals surface area (Å²) in [5.41, 5.74) is 2.02. The summed E-state index contributed by atoms with van der Waals surface area (Å²) in [7, 11) is 0.